The van der Waals surface area contributed by atoms with E-state index in [1.165, 1.54) is 36.4 Å². The van der Waals surface area contributed by atoms with Crippen molar-refractivity contribution in [3.63, 3.8) is 0 Å². The molecule has 2 heterocycles. The number of rotatable bonds is 7. The van der Waals surface area contributed by atoms with E-state index in [1.54, 1.807) is 24.3 Å². The van der Waals surface area contributed by atoms with E-state index >= 15 is 0 Å². The Hall–Kier alpha value is -3.04. The summed E-state index contributed by atoms with van der Waals surface area (Å²) in [5, 5.41) is 19.1. The van der Waals surface area contributed by atoms with E-state index in [0.717, 1.165) is 16.7 Å². The third kappa shape index (κ3) is 5.07. The summed E-state index contributed by atoms with van der Waals surface area (Å²) in [5.41, 5.74) is 0.566. The molecule has 0 aliphatic carbocycles. The third-order valence-corrected chi connectivity index (χ3v) is 5.30. The van der Waals surface area contributed by atoms with E-state index < -0.39 is 17.3 Å². The number of thioether (sulfide) groups is 1. The number of carbonyl (C=O) groups is 3. The Balaban J connectivity index is 1.53. The molecule has 1 saturated heterocycles. The number of aromatic hydroxyl groups is 1. The lowest BCUT2D eigenvalue weighted by Crippen LogP contribution is -2.36. The van der Waals surface area contributed by atoms with Crippen LogP contribution in [0.25, 0.3) is 6.08 Å². The van der Waals surface area contributed by atoms with Crippen LogP contribution >= 0.6 is 11.8 Å². The highest BCUT2D eigenvalue weighted by Gasteiger charge is 2.35. The van der Waals surface area contributed by atoms with Crippen LogP contribution in [-0.4, -0.2) is 57.2 Å². The molecule has 0 saturated carbocycles. The minimum Gasteiger partial charge on any atom is -0.508 e. The Morgan fingerprint density at radius 1 is 1.28 bits per heavy atom. The number of amides is 3. The number of likely N-dealkylation sites (N-methyl/N-ethyl adjacent to an activating group) is 1. The van der Waals surface area contributed by atoms with Crippen LogP contribution in [0.3, 0.4) is 0 Å². The fraction of sp³-hybridized carbons (Fsp3) is 0.250. The minimum absolute atomic E-state index is 0.0430. The first-order valence-electron chi connectivity index (χ1n) is 8.85. The van der Waals surface area contributed by atoms with E-state index in [0.29, 0.717) is 11.3 Å². The molecule has 3 rings (SSSR count). The molecule has 1 fully saturated rings. The number of benzene rings is 1. The highest BCUT2D eigenvalue weighted by Crippen LogP contribution is 2.32. The zero-order chi connectivity index (χ0) is 21.0. The lowest BCUT2D eigenvalue weighted by Gasteiger charge is -2.22. The van der Waals surface area contributed by atoms with Gasteiger partial charge in [0, 0.05) is 26.1 Å². The van der Waals surface area contributed by atoms with Gasteiger partial charge in [-0.2, -0.15) is 0 Å². The molecular weight excluding hydrogens is 396 g/mol. The molecule has 152 valence electrons. The van der Waals surface area contributed by atoms with Gasteiger partial charge in [-0.15, -0.1) is 0 Å². The molecule has 1 aromatic heterocycles. The molecule has 3 amide bonds. The van der Waals surface area contributed by atoms with E-state index in [1.807, 2.05) is 0 Å². The van der Waals surface area contributed by atoms with Gasteiger partial charge in [-0.1, -0.05) is 12.1 Å². The molecule has 1 atom stereocenters. The van der Waals surface area contributed by atoms with Crippen molar-refractivity contribution in [3.8, 4) is 5.75 Å². The lowest BCUT2D eigenvalue weighted by atomic mass is 10.1. The van der Waals surface area contributed by atoms with E-state index in [4.69, 9.17) is 4.42 Å². The Morgan fingerprint density at radius 2 is 2.00 bits per heavy atom. The maximum Gasteiger partial charge on any atom is 0.293 e. The van der Waals surface area contributed by atoms with E-state index in [9.17, 15) is 24.6 Å². The van der Waals surface area contributed by atoms with Gasteiger partial charge in [0.1, 0.15) is 11.5 Å². The molecule has 1 aliphatic heterocycles. The van der Waals surface area contributed by atoms with Gasteiger partial charge in [-0.05, 0) is 41.6 Å². The van der Waals surface area contributed by atoms with Gasteiger partial charge >= 0.3 is 0 Å². The fourth-order valence-corrected chi connectivity index (χ4v) is 3.60. The van der Waals surface area contributed by atoms with Crippen LogP contribution in [0.1, 0.15) is 23.8 Å². The maximum absolute atomic E-state index is 12.4. The summed E-state index contributed by atoms with van der Waals surface area (Å²) in [7, 11) is 1.54. The second-order valence-electron chi connectivity index (χ2n) is 6.48. The standard InChI is InChI=1S/C20H20N2O6S/c1-21(12-16(24)13-4-6-14(23)7-5-13)18(25)8-9-22-19(26)17(29-20(22)27)11-15-3-2-10-28-15/h2-7,10-11,16,23-24H,8-9,12H2,1H3/b17-11+/t16-/m1/s1. The molecule has 2 N–H and O–H groups in total. The van der Waals surface area contributed by atoms with Crippen molar-refractivity contribution < 1.29 is 29.0 Å². The Morgan fingerprint density at radius 3 is 2.66 bits per heavy atom. The fourth-order valence-electron chi connectivity index (χ4n) is 2.76. The second kappa shape index (κ2) is 8.97. The van der Waals surface area contributed by atoms with Crippen LogP contribution in [0.5, 0.6) is 5.75 Å². The van der Waals surface area contributed by atoms with Gasteiger partial charge in [0.2, 0.25) is 5.91 Å². The average Bonchev–Trinajstić information content (AvgIpc) is 3.29. The predicted octanol–water partition coefficient (Wildman–Crippen LogP) is 2.60. The van der Waals surface area contributed by atoms with Gasteiger partial charge in [0.05, 0.1) is 23.8 Å². The molecular formula is C20H20N2O6S. The SMILES string of the molecule is CN(C[C@@H](O)c1ccc(O)cc1)C(=O)CCN1C(=O)S/C(=C/c2ccco2)C1=O. The number of furan rings is 1. The van der Waals surface area contributed by atoms with E-state index in [2.05, 4.69) is 0 Å². The number of nitrogens with zero attached hydrogens (tertiary/aromatic N) is 2. The molecule has 9 heteroatoms. The molecule has 2 aromatic rings. The molecule has 8 nitrogen and oxygen atoms in total. The highest BCUT2D eigenvalue weighted by atomic mass is 32.2. The summed E-state index contributed by atoms with van der Waals surface area (Å²) >= 11 is 0.802. The number of aliphatic hydroxyl groups excluding tert-OH is 1. The van der Waals surface area contributed by atoms with Gasteiger partial charge in [0.15, 0.2) is 0 Å². The number of phenols is 1. The maximum atomic E-state index is 12.4. The first kappa shape index (κ1) is 20.7. The smallest absolute Gasteiger partial charge is 0.293 e. The topological polar surface area (TPSA) is 111 Å². The summed E-state index contributed by atoms with van der Waals surface area (Å²) in [6, 6.07) is 9.41. The van der Waals surface area contributed by atoms with Crippen molar-refractivity contribution in [1.29, 1.82) is 0 Å². The van der Waals surface area contributed by atoms with Crippen molar-refractivity contribution in [3.05, 3.63) is 58.9 Å². The molecule has 29 heavy (non-hydrogen) atoms. The first-order valence-corrected chi connectivity index (χ1v) is 9.66. The Labute approximate surface area is 171 Å². The van der Waals surface area contributed by atoms with Crippen LogP contribution < -0.4 is 0 Å². The number of imide groups is 1. The zero-order valence-electron chi connectivity index (χ0n) is 15.6. The summed E-state index contributed by atoms with van der Waals surface area (Å²) < 4.78 is 5.15. The van der Waals surface area contributed by atoms with Gasteiger partial charge in [-0.25, -0.2) is 0 Å². The molecule has 0 radical (unpaired) electrons. The van der Waals surface area contributed by atoms with Crippen LogP contribution in [0.15, 0.2) is 52.0 Å². The zero-order valence-corrected chi connectivity index (χ0v) is 16.5. The molecule has 0 unspecified atom stereocenters. The van der Waals surface area contributed by atoms with E-state index in [-0.39, 0.29) is 36.1 Å². The molecule has 0 bridgehead atoms. The molecule has 0 spiro atoms. The average molecular weight is 416 g/mol. The Bertz CT molecular complexity index is 923. The number of carbonyl (C=O) groups excluding carboxylic acids is 3. The number of hydrogen-bond acceptors (Lipinski definition) is 7. The normalized spacial score (nSPS) is 16.5. The summed E-state index contributed by atoms with van der Waals surface area (Å²) in [4.78, 5) is 39.5. The Kier molecular flexibility index (Phi) is 6.40. The van der Waals surface area contributed by atoms with Crippen LogP contribution in [0.2, 0.25) is 0 Å². The summed E-state index contributed by atoms with van der Waals surface area (Å²) in [6.45, 7) is 0.00252. The van der Waals surface area contributed by atoms with Gasteiger partial charge in [0.25, 0.3) is 11.1 Å². The third-order valence-electron chi connectivity index (χ3n) is 4.39. The van der Waals surface area contributed by atoms with Gasteiger partial charge < -0.3 is 19.5 Å². The highest BCUT2D eigenvalue weighted by molar-refractivity contribution is 8.18. The van der Waals surface area contributed by atoms with Crippen molar-refractivity contribution in [2.24, 2.45) is 0 Å². The first-order chi connectivity index (χ1) is 13.8. The van der Waals surface area contributed by atoms with Crippen LogP contribution in [-0.2, 0) is 9.59 Å². The lowest BCUT2D eigenvalue weighted by molar-refractivity contribution is -0.131. The molecule has 1 aromatic carbocycles. The van der Waals surface area contributed by atoms with Gasteiger partial charge in [-0.3, -0.25) is 19.3 Å². The van der Waals surface area contributed by atoms with Crippen molar-refractivity contribution >= 4 is 34.9 Å². The summed E-state index contributed by atoms with van der Waals surface area (Å²) in [6.07, 6.45) is 1.99. The second-order valence-corrected chi connectivity index (χ2v) is 7.47. The molecule has 1 aliphatic rings. The number of phenolic OH excluding ortho intramolecular Hbond substituents is 1. The van der Waals surface area contributed by atoms with Crippen LogP contribution in [0.4, 0.5) is 4.79 Å². The van der Waals surface area contributed by atoms with Crippen LogP contribution in [0, 0.1) is 0 Å². The number of aliphatic hydroxyl groups is 1. The minimum atomic E-state index is -0.919. The number of hydrogen-bond donors (Lipinski definition) is 2. The monoisotopic (exact) mass is 416 g/mol. The quantitative estimate of drug-likeness (QED) is 0.668. The summed E-state index contributed by atoms with van der Waals surface area (Å²) in [5.74, 6) is -0.217. The van der Waals surface area contributed by atoms with Crippen molar-refractivity contribution in [2.75, 3.05) is 20.1 Å². The predicted molar refractivity (Wildman–Crippen MR) is 107 cm³/mol. The van der Waals surface area contributed by atoms with Crippen molar-refractivity contribution in [1.82, 2.24) is 9.80 Å². The van der Waals surface area contributed by atoms with Crippen molar-refractivity contribution in [2.45, 2.75) is 12.5 Å². The largest absolute Gasteiger partial charge is 0.508 e.